The molecule has 3 aliphatic rings. The minimum Gasteiger partial charge on any atom is -0.481 e. The molecule has 3 fully saturated rings. The Hall–Kier alpha value is -1.85. The number of aliphatic carboxylic acids is 1. The van der Waals surface area contributed by atoms with E-state index < -0.39 is 5.97 Å². The molecular formula is C24H36O6. The van der Waals surface area contributed by atoms with Crippen molar-refractivity contribution in [2.75, 3.05) is 0 Å². The van der Waals surface area contributed by atoms with Crippen LogP contribution in [0.1, 0.15) is 84.5 Å². The van der Waals surface area contributed by atoms with Gasteiger partial charge in [0.05, 0.1) is 6.10 Å². The van der Waals surface area contributed by atoms with Gasteiger partial charge in [-0.25, -0.2) is 4.79 Å². The lowest BCUT2D eigenvalue weighted by molar-refractivity contribution is -0.148. The molecule has 0 aromatic heterocycles. The van der Waals surface area contributed by atoms with E-state index in [0.717, 1.165) is 51.4 Å². The van der Waals surface area contributed by atoms with Crippen LogP contribution in [0.15, 0.2) is 12.2 Å². The molecule has 0 aromatic rings. The first-order valence-corrected chi connectivity index (χ1v) is 11.5. The standard InChI is InChI=1S/C24H36O6/c1-15(29-22(27)10-8-6-4-5-7-9-21(25)26)11-12-18-19-13-17-16(2)23(28)30-20(17)14-24(18,19)3/h15,17-20H,2,4-14H2,1,3H3,(H,25,26)/t15-,17-,18?,19+,20-,24-/m1/s1. The van der Waals surface area contributed by atoms with Gasteiger partial charge in [-0.2, -0.15) is 0 Å². The van der Waals surface area contributed by atoms with Crippen LogP contribution >= 0.6 is 0 Å². The molecule has 2 saturated carbocycles. The lowest BCUT2D eigenvalue weighted by atomic mass is 9.79. The molecule has 1 aliphatic heterocycles. The summed E-state index contributed by atoms with van der Waals surface area (Å²) < 4.78 is 11.1. The third-order valence-corrected chi connectivity index (χ3v) is 7.62. The van der Waals surface area contributed by atoms with Crippen molar-refractivity contribution in [1.82, 2.24) is 0 Å². The fraction of sp³-hybridized carbons (Fsp3) is 0.792. The maximum atomic E-state index is 12.0. The molecule has 1 saturated heterocycles. The maximum Gasteiger partial charge on any atom is 0.334 e. The SMILES string of the molecule is C=C1C(=O)O[C@@H]2C[C@]3(C)C(CC[C@@H](C)OC(=O)CCCCCCCC(=O)O)[C@@H]3C[C@H]12. The van der Waals surface area contributed by atoms with E-state index in [4.69, 9.17) is 14.6 Å². The second-order valence-electron chi connectivity index (χ2n) is 9.77. The Morgan fingerprint density at radius 2 is 1.90 bits per heavy atom. The Kier molecular flexibility index (Phi) is 7.25. The van der Waals surface area contributed by atoms with Crippen molar-refractivity contribution in [1.29, 1.82) is 0 Å². The number of carboxylic acids is 1. The molecule has 1 N–H and O–H groups in total. The van der Waals surface area contributed by atoms with Crippen LogP contribution in [0, 0.1) is 23.2 Å². The lowest BCUT2D eigenvalue weighted by Crippen LogP contribution is -2.26. The van der Waals surface area contributed by atoms with Crippen molar-refractivity contribution >= 4 is 17.9 Å². The van der Waals surface area contributed by atoms with Gasteiger partial charge >= 0.3 is 17.9 Å². The van der Waals surface area contributed by atoms with Gasteiger partial charge in [0.1, 0.15) is 6.10 Å². The van der Waals surface area contributed by atoms with E-state index in [1.807, 2.05) is 6.92 Å². The first-order chi connectivity index (χ1) is 14.2. The van der Waals surface area contributed by atoms with Gasteiger partial charge in [-0.05, 0) is 62.7 Å². The third-order valence-electron chi connectivity index (χ3n) is 7.62. The van der Waals surface area contributed by atoms with E-state index in [0.29, 0.717) is 30.3 Å². The van der Waals surface area contributed by atoms with Crippen molar-refractivity contribution in [2.24, 2.45) is 23.2 Å². The van der Waals surface area contributed by atoms with Gasteiger partial charge in [0, 0.05) is 24.3 Å². The summed E-state index contributed by atoms with van der Waals surface area (Å²) in [6.07, 6.45) is 8.72. The van der Waals surface area contributed by atoms with Gasteiger partial charge < -0.3 is 14.6 Å². The third kappa shape index (κ3) is 5.25. The van der Waals surface area contributed by atoms with Crippen LogP contribution in [-0.4, -0.2) is 35.2 Å². The van der Waals surface area contributed by atoms with Crippen molar-refractivity contribution in [3.8, 4) is 0 Å². The van der Waals surface area contributed by atoms with E-state index in [2.05, 4.69) is 13.5 Å². The summed E-state index contributed by atoms with van der Waals surface area (Å²) in [5.74, 6) is 0.330. The Labute approximate surface area is 179 Å². The van der Waals surface area contributed by atoms with Crippen LogP contribution in [-0.2, 0) is 23.9 Å². The molecule has 0 radical (unpaired) electrons. The minimum absolute atomic E-state index is 0.00984. The van der Waals surface area contributed by atoms with E-state index in [1.165, 1.54) is 0 Å². The highest BCUT2D eigenvalue weighted by molar-refractivity contribution is 5.90. The van der Waals surface area contributed by atoms with Crippen LogP contribution in [0.3, 0.4) is 0 Å². The molecule has 3 rings (SSSR count). The Bertz CT molecular complexity index is 685. The second kappa shape index (κ2) is 9.52. The van der Waals surface area contributed by atoms with Gasteiger partial charge in [0.2, 0.25) is 0 Å². The molecular weight excluding hydrogens is 384 g/mol. The van der Waals surface area contributed by atoms with Crippen LogP contribution in [0.4, 0.5) is 0 Å². The highest BCUT2D eigenvalue weighted by Gasteiger charge is 2.66. The average Bonchev–Trinajstić information content (AvgIpc) is 3.15. The van der Waals surface area contributed by atoms with Crippen molar-refractivity contribution in [3.05, 3.63) is 12.2 Å². The van der Waals surface area contributed by atoms with E-state index >= 15 is 0 Å². The molecule has 1 heterocycles. The number of carboxylic acid groups (broad SMARTS) is 1. The summed E-state index contributed by atoms with van der Waals surface area (Å²) in [7, 11) is 0. The molecule has 0 amide bonds. The van der Waals surface area contributed by atoms with E-state index in [-0.39, 0.29) is 41.9 Å². The largest absolute Gasteiger partial charge is 0.481 e. The van der Waals surface area contributed by atoms with Gasteiger partial charge in [0.15, 0.2) is 0 Å². The second-order valence-corrected chi connectivity index (χ2v) is 9.77. The minimum atomic E-state index is -0.747. The maximum absolute atomic E-state index is 12.0. The number of esters is 2. The zero-order valence-corrected chi connectivity index (χ0v) is 18.4. The summed E-state index contributed by atoms with van der Waals surface area (Å²) in [4.78, 5) is 34.2. The fourth-order valence-electron chi connectivity index (χ4n) is 5.72. The smallest absolute Gasteiger partial charge is 0.334 e. The van der Waals surface area contributed by atoms with Crippen LogP contribution in [0.5, 0.6) is 0 Å². The highest BCUT2D eigenvalue weighted by Crippen LogP contribution is 2.70. The van der Waals surface area contributed by atoms with Gasteiger partial charge in [0.25, 0.3) is 0 Å². The summed E-state index contributed by atoms with van der Waals surface area (Å²) in [6.45, 7) is 8.20. The summed E-state index contributed by atoms with van der Waals surface area (Å²) in [5, 5.41) is 8.60. The number of hydrogen-bond donors (Lipinski definition) is 1. The first-order valence-electron chi connectivity index (χ1n) is 11.5. The Balaban J connectivity index is 1.28. The van der Waals surface area contributed by atoms with Crippen molar-refractivity contribution in [2.45, 2.75) is 96.7 Å². The molecule has 0 bridgehead atoms. The number of unbranched alkanes of at least 4 members (excludes halogenated alkanes) is 4. The highest BCUT2D eigenvalue weighted by atomic mass is 16.6. The Morgan fingerprint density at radius 3 is 2.60 bits per heavy atom. The van der Waals surface area contributed by atoms with Gasteiger partial charge in [-0.3, -0.25) is 9.59 Å². The zero-order valence-electron chi connectivity index (χ0n) is 18.4. The number of rotatable bonds is 12. The molecule has 168 valence electrons. The topological polar surface area (TPSA) is 89.9 Å². The molecule has 0 aromatic carbocycles. The van der Waals surface area contributed by atoms with Crippen LogP contribution < -0.4 is 0 Å². The molecule has 2 aliphatic carbocycles. The van der Waals surface area contributed by atoms with Gasteiger partial charge in [-0.15, -0.1) is 0 Å². The van der Waals surface area contributed by atoms with E-state index in [9.17, 15) is 14.4 Å². The predicted octanol–water partition coefficient (Wildman–Crippen LogP) is 4.66. The number of fused-ring (bicyclic) bond motifs is 2. The predicted molar refractivity (Wildman–Crippen MR) is 112 cm³/mol. The van der Waals surface area contributed by atoms with Gasteiger partial charge in [-0.1, -0.05) is 32.8 Å². The normalized spacial score (nSPS) is 32.7. The molecule has 6 atom stereocenters. The quantitative estimate of drug-likeness (QED) is 0.281. The first kappa shape index (κ1) is 22.8. The molecule has 0 spiro atoms. The Morgan fingerprint density at radius 1 is 1.23 bits per heavy atom. The summed E-state index contributed by atoms with van der Waals surface area (Å²) >= 11 is 0. The van der Waals surface area contributed by atoms with Crippen molar-refractivity contribution < 1.29 is 29.0 Å². The fourth-order valence-corrected chi connectivity index (χ4v) is 5.72. The average molecular weight is 421 g/mol. The van der Waals surface area contributed by atoms with Crippen molar-refractivity contribution in [3.63, 3.8) is 0 Å². The monoisotopic (exact) mass is 420 g/mol. The van der Waals surface area contributed by atoms with Crippen LogP contribution in [0.25, 0.3) is 0 Å². The molecule has 30 heavy (non-hydrogen) atoms. The zero-order chi connectivity index (χ0) is 21.9. The number of hydrogen-bond acceptors (Lipinski definition) is 5. The summed E-state index contributed by atoms with van der Waals surface area (Å²) in [5.41, 5.74) is 0.896. The molecule has 6 nitrogen and oxygen atoms in total. The lowest BCUT2D eigenvalue weighted by Gasteiger charge is -2.27. The molecule has 1 unspecified atom stereocenters. The summed E-state index contributed by atoms with van der Waals surface area (Å²) in [6, 6.07) is 0. The number of carbonyl (C=O) groups excluding carboxylic acids is 2. The molecule has 6 heteroatoms. The number of ether oxygens (including phenoxy) is 2. The van der Waals surface area contributed by atoms with Crippen LogP contribution in [0.2, 0.25) is 0 Å². The number of carbonyl (C=O) groups is 3. The van der Waals surface area contributed by atoms with E-state index in [1.54, 1.807) is 0 Å².